The van der Waals surface area contributed by atoms with Crippen molar-refractivity contribution < 1.29 is 19.5 Å². The maximum Gasteiger partial charge on any atom is 0.335 e. The highest BCUT2D eigenvalue weighted by molar-refractivity contribution is 9.10. The number of amides is 3. The number of rotatable bonds is 4. The first-order chi connectivity index (χ1) is 9.95. The zero-order valence-corrected chi connectivity index (χ0v) is 12.6. The fourth-order valence-electron chi connectivity index (χ4n) is 1.97. The number of anilines is 1. The molecule has 0 saturated carbocycles. The van der Waals surface area contributed by atoms with E-state index in [4.69, 9.17) is 5.11 Å². The maximum absolute atomic E-state index is 11.8. The molecule has 1 aromatic carbocycles. The summed E-state index contributed by atoms with van der Waals surface area (Å²) in [6, 6.07) is 3.83. The molecule has 1 saturated heterocycles. The van der Waals surface area contributed by atoms with E-state index in [9.17, 15) is 14.4 Å². The van der Waals surface area contributed by atoms with Gasteiger partial charge in [0.2, 0.25) is 5.91 Å². The molecule has 0 aliphatic carbocycles. The molecule has 4 N–H and O–H groups in total. The van der Waals surface area contributed by atoms with Crippen LogP contribution in [0.5, 0.6) is 0 Å². The van der Waals surface area contributed by atoms with Gasteiger partial charge in [-0.3, -0.25) is 4.79 Å². The van der Waals surface area contributed by atoms with Crippen LogP contribution in [-0.4, -0.2) is 35.6 Å². The summed E-state index contributed by atoms with van der Waals surface area (Å²) in [4.78, 5) is 33.7. The standard InChI is InChI=1S/C13H14BrN3O4/c14-9-3-1-7(12(19)20)5-10(9)17-13(21)15-6-8-2-4-11(18)16-8/h1,3,5,8H,2,4,6H2,(H,16,18)(H,19,20)(H2,15,17,21). The van der Waals surface area contributed by atoms with Gasteiger partial charge in [0.1, 0.15) is 0 Å². The molecule has 1 aromatic rings. The Morgan fingerprint density at radius 2 is 2.19 bits per heavy atom. The second-order valence-corrected chi connectivity index (χ2v) is 5.49. The lowest BCUT2D eigenvalue weighted by molar-refractivity contribution is -0.119. The molecule has 1 fully saturated rings. The van der Waals surface area contributed by atoms with Crippen molar-refractivity contribution in [2.24, 2.45) is 0 Å². The number of aromatic carboxylic acids is 1. The molecule has 0 aromatic heterocycles. The number of carboxylic acid groups (broad SMARTS) is 1. The molecule has 21 heavy (non-hydrogen) atoms. The van der Waals surface area contributed by atoms with Crippen LogP contribution < -0.4 is 16.0 Å². The van der Waals surface area contributed by atoms with Gasteiger partial charge in [0.25, 0.3) is 0 Å². The zero-order chi connectivity index (χ0) is 15.4. The van der Waals surface area contributed by atoms with Gasteiger partial charge in [-0.05, 0) is 40.5 Å². The Balaban J connectivity index is 1.91. The van der Waals surface area contributed by atoms with E-state index >= 15 is 0 Å². The highest BCUT2D eigenvalue weighted by Crippen LogP contribution is 2.23. The third kappa shape index (κ3) is 4.19. The number of hydrogen-bond donors (Lipinski definition) is 4. The van der Waals surface area contributed by atoms with Crippen LogP contribution in [0.2, 0.25) is 0 Å². The Bertz CT molecular complexity index is 591. The van der Waals surface area contributed by atoms with Crippen molar-refractivity contribution >= 4 is 39.5 Å². The first-order valence-corrected chi connectivity index (χ1v) is 7.12. The number of halogens is 1. The highest BCUT2D eigenvalue weighted by atomic mass is 79.9. The van der Waals surface area contributed by atoms with E-state index in [1.807, 2.05) is 0 Å². The van der Waals surface area contributed by atoms with Gasteiger partial charge in [-0.25, -0.2) is 9.59 Å². The molecular formula is C13H14BrN3O4. The molecule has 0 spiro atoms. The van der Waals surface area contributed by atoms with Crippen molar-refractivity contribution in [3.63, 3.8) is 0 Å². The number of benzene rings is 1. The molecule has 3 amide bonds. The Kier molecular flexibility index (Phi) is 4.79. The quantitative estimate of drug-likeness (QED) is 0.656. The minimum Gasteiger partial charge on any atom is -0.478 e. The van der Waals surface area contributed by atoms with Gasteiger partial charge in [-0.2, -0.15) is 0 Å². The average molecular weight is 356 g/mol. The lowest BCUT2D eigenvalue weighted by Gasteiger charge is -2.13. The van der Waals surface area contributed by atoms with Crippen molar-refractivity contribution in [2.75, 3.05) is 11.9 Å². The molecule has 0 radical (unpaired) electrons. The molecule has 1 atom stereocenters. The molecular weight excluding hydrogens is 342 g/mol. The first kappa shape index (κ1) is 15.3. The van der Waals surface area contributed by atoms with Crippen molar-refractivity contribution in [3.05, 3.63) is 28.2 Å². The summed E-state index contributed by atoms with van der Waals surface area (Å²) < 4.78 is 0.580. The van der Waals surface area contributed by atoms with E-state index in [2.05, 4.69) is 31.9 Å². The van der Waals surface area contributed by atoms with Gasteiger partial charge >= 0.3 is 12.0 Å². The predicted octanol–water partition coefficient (Wildman–Crippen LogP) is 1.55. The number of carbonyl (C=O) groups is 3. The summed E-state index contributed by atoms with van der Waals surface area (Å²) in [5, 5.41) is 16.9. The molecule has 1 aliphatic heterocycles. The summed E-state index contributed by atoms with van der Waals surface area (Å²) >= 11 is 3.24. The lowest BCUT2D eigenvalue weighted by Crippen LogP contribution is -2.40. The number of carbonyl (C=O) groups excluding carboxylic acids is 2. The number of urea groups is 1. The molecule has 1 heterocycles. The highest BCUT2D eigenvalue weighted by Gasteiger charge is 2.21. The molecule has 112 valence electrons. The molecule has 8 heteroatoms. The molecule has 0 bridgehead atoms. The zero-order valence-electron chi connectivity index (χ0n) is 11.0. The van der Waals surface area contributed by atoms with Crippen LogP contribution in [0, 0.1) is 0 Å². The molecule has 7 nitrogen and oxygen atoms in total. The summed E-state index contributed by atoms with van der Waals surface area (Å²) in [6.07, 6.45) is 1.16. The van der Waals surface area contributed by atoms with Crippen molar-refractivity contribution in [2.45, 2.75) is 18.9 Å². The fraction of sp³-hybridized carbons (Fsp3) is 0.308. The van der Waals surface area contributed by atoms with Crippen LogP contribution in [-0.2, 0) is 4.79 Å². The van der Waals surface area contributed by atoms with Crippen LogP contribution in [0.3, 0.4) is 0 Å². The average Bonchev–Trinajstić information content (AvgIpc) is 2.84. The monoisotopic (exact) mass is 355 g/mol. The maximum atomic E-state index is 11.8. The van der Waals surface area contributed by atoms with E-state index in [0.29, 0.717) is 29.5 Å². The molecule has 1 unspecified atom stereocenters. The number of hydrogen-bond acceptors (Lipinski definition) is 3. The largest absolute Gasteiger partial charge is 0.478 e. The second-order valence-electron chi connectivity index (χ2n) is 4.64. The van der Waals surface area contributed by atoms with E-state index in [-0.39, 0.29) is 17.5 Å². The SMILES string of the molecule is O=C1CCC(CNC(=O)Nc2cc(C(=O)O)ccc2Br)N1. The number of nitrogens with one attached hydrogen (secondary N) is 3. The van der Waals surface area contributed by atoms with Crippen LogP contribution in [0.15, 0.2) is 22.7 Å². The van der Waals surface area contributed by atoms with Gasteiger partial charge in [0.15, 0.2) is 0 Å². The molecule has 1 aliphatic rings. The van der Waals surface area contributed by atoms with Gasteiger partial charge in [0.05, 0.1) is 11.3 Å². The first-order valence-electron chi connectivity index (χ1n) is 6.33. The van der Waals surface area contributed by atoms with Gasteiger partial charge in [-0.15, -0.1) is 0 Å². The third-order valence-corrected chi connectivity index (χ3v) is 3.75. The summed E-state index contributed by atoms with van der Waals surface area (Å²) in [6.45, 7) is 0.327. The minimum atomic E-state index is -1.07. The van der Waals surface area contributed by atoms with Crippen LogP contribution in [0.4, 0.5) is 10.5 Å². The summed E-state index contributed by atoms with van der Waals surface area (Å²) in [5.41, 5.74) is 0.444. The topological polar surface area (TPSA) is 108 Å². The Hall–Kier alpha value is -2.09. The van der Waals surface area contributed by atoms with E-state index < -0.39 is 12.0 Å². The van der Waals surface area contributed by atoms with Crippen molar-refractivity contribution in [1.82, 2.24) is 10.6 Å². The van der Waals surface area contributed by atoms with E-state index in [0.717, 1.165) is 0 Å². The summed E-state index contributed by atoms with van der Waals surface area (Å²) in [5.74, 6) is -1.08. The van der Waals surface area contributed by atoms with Crippen molar-refractivity contribution in [3.8, 4) is 0 Å². The summed E-state index contributed by atoms with van der Waals surface area (Å²) in [7, 11) is 0. The normalized spacial score (nSPS) is 17.2. The van der Waals surface area contributed by atoms with Crippen molar-refractivity contribution in [1.29, 1.82) is 0 Å². The molecule has 2 rings (SSSR count). The van der Waals surface area contributed by atoms with Gasteiger partial charge in [-0.1, -0.05) is 0 Å². The fourth-order valence-corrected chi connectivity index (χ4v) is 2.31. The minimum absolute atomic E-state index is 0.0147. The van der Waals surface area contributed by atoms with E-state index in [1.54, 1.807) is 6.07 Å². The third-order valence-electron chi connectivity index (χ3n) is 3.06. The van der Waals surface area contributed by atoms with Gasteiger partial charge in [0, 0.05) is 23.5 Å². The Morgan fingerprint density at radius 3 is 2.81 bits per heavy atom. The smallest absolute Gasteiger partial charge is 0.335 e. The number of carboxylic acids is 1. The predicted molar refractivity (Wildman–Crippen MR) is 79.3 cm³/mol. The van der Waals surface area contributed by atoms with Crippen LogP contribution in [0.1, 0.15) is 23.2 Å². The lowest BCUT2D eigenvalue weighted by atomic mass is 10.2. The van der Waals surface area contributed by atoms with Crippen LogP contribution >= 0.6 is 15.9 Å². The van der Waals surface area contributed by atoms with Gasteiger partial charge < -0.3 is 21.1 Å². The second kappa shape index (κ2) is 6.57. The van der Waals surface area contributed by atoms with Crippen LogP contribution in [0.25, 0.3) is 0 Å². The van der Waals surface area contributed by atoms with E-state index in [1.165, 1.54) is 12.1 Å². The Morgan fingerprint density at radius 1 is 1.43 bits per heavy atom. The Labute approximate surface area is 129 Å².